The van der Waals surface area contributed by atoms with Crippen LogP contribution >= 0.6 is 23.4 Å². The van der Waals surface area contributed by atoms with Gasteiger partial charge in [0.15, 0.2) is 0 Å². The third-order valence-electron chi connectivity index (χ3n) is 5.53. The van der Waals surface area contributed by atoms with Gasteiger partial charge in [0.1, 0.15) is 5.82 Å². The Morgan fingerprint density at radius 1 is 0.909 bits per heavy atom. The van der Waals surface area contributed by atoms with Crippen molar-refractivity contribution in [1.29, 1.82) is 0 Å². The smallest absolute Gasteiger partial charge is 0.293 e. The zero-order valence-electron chi connectivity index (χ0n) is 17.4. The number of carbonyl (C=O) groups is 2. The van der Waals surface area contributed by atoms with Crippen LogP contribution in [0, 0.1) is 5.82 Å². The average Bonchev–Trinajstić information content (AvgIpc) is 3.29. The zero-order valence-corrected chi connectivity index (χ0v) is 18.9. The Hall–Kier alpha value is -3.35. The van der Waals surface area contributed by atoms with Gasteiger partial charge in [-0.2, -0.15) is 0 Å². The van der Waals surface area contributed by atoms with E-state index < -0.39 is 0 Å². The van der Waals surface area contributed by atoms with E-state index in [2.05, 4.69) is 4.57 Å². The minimum Gasteiger partial charge on any atom is -0.342 e. The number of benzene rings is 3. The predicted octanol–water partition coefficient (Wildman–Crippen LogP) is 6.72. The second kappa shape index (κ2) is 8.89. The minimum atomic E-state index is -0.360. The number of para-hydroxylation sites is 1. The van der Waals surface area contributed by atoms with Crippen molar-refractivity contribution in [3.05, 3.63) is 111 Å². The van der Waals surface area contributed by atoms with Gasteiger partial charge < -0.3 is 4.57 Å². The molecule has 0 atom stereocenters. The molecule has 1 aliphatic rings. The monoisotopic (exact) mass is 476 g/mol. The molecule has 0 aliphatic carbocycles. The molecule has 0 radical (unpaired) electrons. The van der Waals surface area contributed by atoms with Gasteiger partial charge >= 0.3 is 0 Å². The van der Waals surface area contributed by atoms with Gasteiger partial charge in [-0.05, 0) is 53.2 Å². The van der Waals surface area contributed by atoms with Crippen molar-refractivity contribution in [3.63, 3.8) is 0 Å². The molecule has 5 rings (SSSR count). The van der Waals surface area contributed by atoms with Gasteiger partial charge in [-0.3, -0.25) is 14.5 Å². The van der Waals surface area contributed by atoms with Crippen LogP contribution in [0.4, 0.5) is 9.18 Å². The van der Waals surface area contributed by atoms with Crippen molar-refractivity contribution < 1.29 is 14.0 Å². The lowest BCUT2D eigenvalue weighted by molar-refractivity contribution is -0.123. The van der Waals surface area contributed by atoms with Crippen LogP contribution in [0.5, 0.6) is 0 Å². The van der Waals surface area contributed by atoms with Crippen LogP contribution in [0.25, 0.3) is 17.0 Å². The lowest BCUT2D eigenvalue weighted by atomic mass is 10.1. The van der Waals surface area contributed by atoms with Crippen LogP contribution in [0.1, 0.15) is 16.7 Å². The minimum absolute atomic E-state index is 0.108. The number of imide groups is 1. The second-order valence-electron chi connectivity index (χ2n) is 7.72. The first kappa shape index (κ1) is 21.5. The molecule has 0 N–H and O–H groups in total. The van der Waals surface area contributed by atoms with E-state index >= 15 is 0 Å². The van der Waals surface area contributed by atoms with Crippen molar-refractivity contribution in [1.82, 2.24) is 9.47 Å². The van der Waals surface area contributed by atoms with E-state index in [9.17, 15) is 14.0 Å². The third-order valence-corrected chi connectivity index (χ3v) is 6.81. The highest BCUT2D eigenvalue weighted by Gasteiger charge is 2.35. The largest absolute Gasteiger partial charge is 0.342 e. The molecule has 4 nitrogen and oxygen atoms in total. The summed E-state index contributed by atoms with van der Waals surface area (Å²) in [5.74, 6) is -0.710. The normalized spacial score (nSPS) is 15.2. The molecule has 7 heteroatoms. The number of thioether (sulfide) groups is 1. The van der Waals surface area contributed by atoms with E-state index in [1.54, 1.807) is 18.2 Å². The maximum Gasteiger partial charge on any atom is 0.293 e. The van der Waals surface area contributed by atoms with Gasteiger partial charge in [0.05, 0.1) is 11.4 Å². The number of fused-ring (bicyclic) bond motifs is 1. The number of hydrogen-bond donors (Lipinski definition) is 0. The van der Waals surface area contributed by atoms with Crippen molar-refractivity contribution in [2.24, 2.45) is 0 Å². The van der Waals surface area contributed by atoms with Crippen LogP contribution in [0.2, 0.25) is 5.02 Å². The fourth-order valence-corrected chi connectivity index (χ4v) is 4.91. The Labute approximate surface area is 199 Å². The fourth-order valence-electron chi connectivity index (χ4n) is 3.88. The molecule has 2 amide bonds. The van der Waals surface area contributed by atoms with Crippen molar-refractivity contribution in [2.45, 2.75) is 13.1 Å². The second-order valence-corrected chi connectivity index (χ2v) is 9.12. The third kappa shape index (κ3) is 4.32. The summed E-state index contributed by atoms with van der Waals surface area (Å²) in [4.78, 5) is 27.1. The number of aromatic nitrogens is 1. The Kier molecular flexibility index (Phi) is 5.79. The molecule has 33 heavy (non-hydrogen) atoms. The molecule has 0 spiro atoms. The number of rotatable bonds is 5. The van der Waals surface area contributed by atoms with Crippen molar-refractivity contribution in [2.75, 3.05) is 0 Å². The van der Waals surface area contributed by atoms with E-state index in [0.29, 0.717) is 22.0 Å². The summed E-state index contributed by atoms with van der Waals surface area (Å²) in [7, 11) is 0. The van der Waals surface area contributed by atoms with Crippen LogP contribution in [-0.2, 0) is 17.9 Å². The van der Waals surface area contributed by atoms with Crippen molar-refractivity contribution >= 4 is 51.5 Å². The first-order valence-electron chi connectivity index (χ1n) is 10.3. The fraction of sp³-hybridized carbons (Fsp3) is 0.0769. The molecule has 164 valence electrons. The maximum atomic E-state index is 13.2. The number of halogens is 2. The van der Waals surface area contributed by atoms with Gasteiger partial charge in [-0.1, -0.05) is 60.1 Å². The molecule has 3 aromatic carbocycles. The van der Waals surface area contributed by atoms with E-state index in [1.807, 2.05) is 54.7 Å². The predicted molar refractivity (Wildman–Crippen MR) is 130 cm³/mol. The van der Waals surface area contributed by atoms with E-state index in [1.165, 1.54) is 17.0 Å². The van der Waals surface area contributed by atoms with Crippen LogP contribution in [-0.4, -0.2) is 20.6 Å². The number of nitrogens with zero attached hydrogens (tertiary/aromatic N) is 2. The quantitative estimate of drug-likeness (QED) is 0.300. The van der Waals surface area contributed by atoms with Crippen LogP contribution in [0.15, 0.2) is 83.9 Å². The summed E-state index contributed by atoms with van der Waals surface area (Å²) < 4.78 is 15.3. The van der Waals surface area contributed by atoms with Crippen molar-refractivity contribution in [3.8, 4) is 0 Å². The molecule has 2 heterocycles. The average molecular weight is 477 g/mol. The molecule has 1 aliphatic heterocycles. The lowest BCUT2D eigenvalue weighted by Gasteiger charge is -2.12. The maximum absolute atomic E-state index is 13.2. The summed E-state index contributed by atoms with van der Waals surface area (Å²) in [5, 5.41) is 1.34. The van der Waals surface area contributed by atoms with Gasteiger partial charge in [0.2, 0.25) is 0 Å². The molecule has 4 aromatic rings. The molecular formula is C26H18ClFN2O2S. The van der Waals surface area contributed by atoms with E-state index in [4.69, 9.17) is 11.6 Å². The number of carbonyl (C=O) groups excluding carboxylic acids is 2. The van der Waals surface area contributed by atoms with Gasteiger partial charge in [-0.25, -0.2) is 4.39 Å². The van der Waals surface area contributed by atoms with Crippen LogP contribution in [0.3, 0.4) is 0 Å². The summed E-state index contributed by atoms with van der Waals surface area (Å²) >= 11 is 7.28. The highest BCUT2D eigenvalue weighted by atomic mass is 35.5. The molecule has 1 saturated heterocycles. The highest BCUT2D eigenvalue weighted by molar-refractivity contribution is 8.18. The first-order valence-corrected chi connectivity index (χ1v) is 11.5. The number of hydrogen-bond acceptors (Lipinski definition) is 3. The Morgan fingerprint density at radius 2 is 1.64 bits per heavy atom. The highest BCUT2D eigenvalue weighted by Crippen LogP contribution is 2.35. The van der Waals surface area contributed by atoms with E-state index in [0.717, 1.165) is 33.8 Å². The molecular weight excluding hydrogens is 459 g/mol. The summed E-state index contributed by atoms with van der Waals surface area (Å²) in [5.41, 5.74) is 3.54. The summed E-state index contributed by atoms with van der Waals surface area (Å²) in [6.07, 6.45) is 3.74. The molecule has 0 unspecified atom stereocenters. The Bertz CT molecular complexity index is 1410. The van der Waals surface area contributed by atoms with Crippen LogP contribution < -0.4 is 0 Å². The topological polar surface area (TPSA) is 42.3 Å². The Balaban J connectivity index is 1.46. The van der Waals surface area contributed by atoms with Gasteiger partial charge in [0.25, 0.3) is 11.1 Å². The van der Waals surface area contributed by atoms with Gasteiger partial charge in [-0.15, -0.1) is 0 Å². The Morgan fingerprint density at radius 3 is 2.42 bits per heavy atom. The summed E-state index contributed by atoms with van der Waals surface area (Å²) in [6.45, 7) is 0.691. The van der Waals surface area contributed by atoms with E-state index in [-0.39, 0.29) is 23.5 Å². The molecule has 1 fully saturated rings. The number of amides is 2. The molecule has 0 saturated carbocycles. The SMILES string of the molecule is O=C1S/C(=C/c2cn(Cc3ccccc3Cl)c3ccccc23)C(=O)N1Cc1ccc(F)cc1. The zero-order chi connectivity index (χ0) is 22.9. The standard InChI is InChI=1S/C26H18ClFN2O2S/c27-22-7-3-1-5-18(22)15-29-16-19(21-6-2-4-8-23(21)29)13-24-25(31)30(26(32)33-24)14-17-9-11-20(28)12-10-17/h1-13,16H,14-15H2/b24-13+. The lowest BCUT2D eigenvalue weighted by Crippen LogP contribution is -2.27. The van der Waals surface area contributed by atoms with Gasteiger partial charge in [0, 0.05) is 34.2 Å². The molecule has 0 bridgehead atoms. The first-order chi connectivity index (χ1) is 16.0. The molecule has 1 aromatic heterocycles. The summed E-state index contributed by atoms with van der Waals surface area (Å²) in [6, 6.07) is 21.4.